The monoisotopic (exact) mass is 213 g/mol. The molecule has 1 unspecified atom stereocenters. The van der Waals surface area contributed by atoms with Crippen molar-refractivity contribution in [2.24, 2.45) is 7.05 Å². The Morgan fingerprint density at radius 1 is 1.80 bits per heavy atom. The average Bonchev–Trinajstić information content (AvgIpc) is 2.59. The van der Waals surface area contributed by atoms with E-state index in [1.807, 2.05) is 0 Å². The van der Waals surface area contributed by atoms with Gasteiger partial charge < -0.3 is 15.2 Å². The number of likely N-dealkylation sites (N-methyl/N-ethyl adjacent to an activating group) is 1. The highest BCUT2D eigenvalue weighted by atomic mass is 16.5. The van der Waals surface area contributed by atoms with Gasteiger partial charge in [-0.1, -0.05) is 0 Å². The van der Waals surface area contributed by atoms with Crippen LogP contribution in [0.15, 0.2) is 6.07 Å². The van der Waals surface area contributed by atoms with Gasteiger partial charge in [-0.15, -0.1) is 0 Å². The molecule has 0 fully saturated rings. The maximum atomic E-state index is 11.2. The van der Waals surface area contributed by atoms with E-state index in [9.17, 15) is 9.90 Å². The van der Waals surface area contributed by atoms with E-state index in [2.05, 4.69) is 15.2 Å². The predicted octanol–water partition coefficient (Wildman–Crippen LogP) is -0.540. The molecular weight excluding hydrogens is 198 g/mol. The van der Waals surface area contributed by atoms with Gasteiger partial charge in [0.1, 0.15) is 6.10 Å². The van der Waals surface area contributed by atoms with Crippen molar-refractivity contribution in [1.29, 1.82) is 0 Å². The van der Waals surface area contributed by atoms with Crippen LogP contribution >= 0.6 is 0 Å². The number of nitrogens with zero attached hydrogens (tertiary/aromatic N) is 2. The molecule has 0 amide bonds. The van der Waals surface area contributed by atoms with E-state index >= 15 is 0 Å². The van der Waals surface area contributed by atoms with Gasteiger partial charge in [-0.3, -0.25) is 4.68 Å². The van der Waals surface area contributed by atoms with Crippen LogP contribution in [0.5, 0.6) is 0 Å². The summed E-state index contributed by atoms with van der Waals surface area (Å²) in [5.41, 5.74) is 0.773. The summed E-state index contributed by atoms with van der Waals surface area (Å²) in [5, 5.41) is 16.5. The molecule has 1 heterocycles. The fraction of sp³-hybridized carbons (Fsp3) is 0.556. The highest BCUT2D eigenvalue weighted by Crippen LogP contribution is 2.13. The summed E-state index contributed by atoms with van der Waals surface area (Å²) in [7, 11) is 4.70. The SMILES string of the molecule is CNCC(O)c1cc(C(=O)OC)nn1C. The molecule has 1 aromatic heterocycles. The maximum absolute atomic E-state index is 11.2. The highest BCUT2D eigenvalue weighted by molar-refractivity contribution is 5.87. The Hall–Kier alpha value is -1.40. The van der Waals surface area contributed by atoms with E-state index in [0.29, 0.717) is 12.2 Å². The van der Waals surface area contributed by atoms with Crippen LogP contribution in [0.1, 0.15) is 22.3 Å². The molecule has 0 aromatic carbocycles. The number of hydrogen-bond donors (Lipinski definition) is 2. The molecule has 6 heteroatoms. The number of hydrogen-bond acceptors (Lipinski definition) is 5. The molecule has 0 aliphatic rings. The molecule has 2 N–H and O–H groups in total. The molecule has 1 aromatic rings. The van der Waals surface area contributed by atoms with E-state index in [1.54, 1.807) is 14.1 Å². The van der Waals surface area contributed by atoms with Gasteiger partial charge in [0.25, 0.3) is 0 Å². The zero-order valence-electron chi connectivity index (χ0n) is 9.02. The molecule has 0 bridgehead atoms. The fourth-order valence-electron chi connectivity index (χ4n) is 1.30. The van der Waals surface area contributed by atoms with Crippen LogP contribution in [0.2, 0.25) is 0 Å². The lowest BCUT2D eigenvalue weighted by Crippen LogP contribution is -2.18. The van der Waals surface area contributed by atoms with Crippen molar-refractivity contribution in [3.05, 3.63) is 17.5 Å². The topological polar surface area (TPSA) is 76.4 Å². The summed E-state index contributed by atoms with van der Waals surface area (Å²) in [6.07, 6.45) is -0.689. The first kappa shape index (κ1) is 11.7. The van der Waals surface area contributed by atoms with Crippen LogP contribution in [0.25, 0.3) is 0 Å². The highest BCUT2D eigenvalue weighted by Gasteiger charge is 2.17. The zero-order chi connectivity index (χ0) is 11.4. The Labute approximate surface area is 87.8 Å². The van der Waals surface area contributed by atoms with Crippen molar-refractivity contribution in [2.45, 2.75) is 6.10 Å². The van der Waals surface area contributed by atoms with Crippen molar-refractivity contribution in [2.75, 3.05) is 20.7 Å². The smallest absolute Gasteiger partial charge is 0.358 e. The number of nitrogens with one attached hydrogen (secondary N) is 1. The number of ether oxygens (including phenoxy) is 1. The number of aryl methyl sites for hydroxylation is 1. The van der Waals surface area contributed by atoms with E-state index in [4.69, 9.17) is 0 Å². The first-order valence-electron chi connectivity index (χ1n) is 4.55. The average molecular weight is 213 g/mol. The van der Waals surface area contributed by atoms with Gasteiger partial charge in [-0.05, 0) is 13.1 Å². The van der Waals surface area contributed by atoms with Crippen molar-refractivity contribution < 1.29 is 14.6 Å². The van der Waals surface area contributed by atoms with E-state index in [-0.39, 0.29) is 5.69 Å². The predicted molar refractivity (Wildman–Crippen MR) is 53.4 cm³/mol. The third-order valence-corrected chi connectivity index (χ3v) is 2.05. The van der Waals surface area contributed by atoms with Crippen molar-refractivity contribution in [3.63, 3.8) is 0 Å². The van der Waals surface area contributed by atoms with Gasteiger partial charge in [0.15, 0.2) is 5.69 Å². The maximum Gasteiger partial charge on any atom is 0.358 e. The Balaban J connectivity index is 2.90. The van der Waals surface area contributed by atoms with Gasteiger partial charge in [0, 0.05) is 13.6 Å². The summed E-state index contributed by atoms with van der Waals surface area (Å²) < 4.78 is 6.00. The van der Waals surface area contributed by atoms with Crippen molar-refractivity contribution >= 4 is 5.97 Å². The summed E-state index contributed by atoms with van der Waals surface area (Å²) in [6, 6.07) is 1.52. The standard InChI is InChI=1S/C9H15N3O3/c1-10-5-8(13)7-4-6(9(14)15-3)11-12(7)2/h4,8,10,13H,5H2,1-3H3. The number of esters is 1. The molecule has 1 rings (SSSR count). The lowest BCUT2D eigenvalue weighted by atomic mass is 10.2. The number of methoxy groups -OCH3 is 1. The molecule has 0 aliphatic carbocycles. The molecule has 0 spiro atoms. The molecule has 0 saturated carbocycles. The first-order chi connectivity index (χ1) is 7.10. The van der Waals surface area contributed by atoms with E-state index in [1.165, 1.54) is 17.9 Å². The van der Waals surface area contributed by atoms with E-state index < -0.39 is 12.1 Å². The Kier molecular flexibility index (Phi) is 3.81. The molecule has 6 nitrogen and oxygen atoms in total. The zero-order valence-corrected chi connectivity index (χ0v) is 9.02. The Bertz CT molecular complexity index is 348. The molecule has 84 valence electrons. The molecule has 1 atom stereocenters. The quantitative estimate of drug-likeness (QED) is 0.657. The van der Waals surface area contributed by atoms with Gasteiger partial charge in [0.2, 0.25) is 0 Å². The number of aromatic nitrogens is 2. The van der Waals surface area contributed by atoms with Crippen molar-refractivity contribution in [3.8, 4) is 0 Å². The van der Waals surface area contributed by atoms with Crippen LogP contribution in [-0.2, 0) is 11.8 Å². The van der Waals surface area contributed by atoms with Gasteiger partial charge in [-0.2, -0.15) is 5.10 Å². The Morgan fingerprint density at radius 3 is 3.00 bits per heavy atom. The second-order valence-electron chi connectivity index (χ2n) is 3.14. The van der Waals surface area contributed by atoms with Crippen LogP contribution in [-0.4, -0.2) is 41.6 Å². The molecule has 0 aliphatic heterocycles. The molecule has 0 radical (unpaired) electrons. The normalized spacial score (nSPS) is 12.5. The molecule has 15 heavy (non-hydrogen) atoms. The number of rotatable bonds is 4. The van der Waals surface area contributed by atoms with E-state index in [0.717, 1.165) is 0 Å². The third-order valence-electron chi connectivity index (χ3n) is 2.05. The second-order valence-corrected chi connectivity index (χ2v) is 3.14. The summed E-state index contributed by atoms with van der Waals surface area (Å²) in [6.45, 7) is 0.403. The van der Waals surface area contributed by atoms with Gasteiger partial charge >= 0.3 is 5.97 Å². The van der Waals surface area contributed by atoms with Crippen LogP contribution < -0.4 is 5.32 Å². The summed E-state index contributed by atoms with van der Waals surface area (Å²) in [5.74, 6) is -0.506. The minimum Gasteiger partial charge on any atom is -0.464 e. The number of carbonyl (C=O) groups is 1. The molecule has 0 saturated heterocycles. The Morgan fingerprint density at radius 2 is 2.47 bits per heavy atom. The number of aliphatic hydroxyl groups excluding tert-OH is 1. The minimum atomic E-state index is -0.689. The summed E-state index contributed by atoms with van der Waals surface area (Å²) in [4.78, 5) is 11.2. The number of carbonyl (C=O) groups excluding carboxylic acids is 1. The lowest BCUT2D eigenvalue weighted by molar-refractivity contribution is 0.0593. The van der Waals surface area contributed by atoms with Crippen LogP contribution in [0, 0.1) is 0 Å². The van der Waals surface area contributed by atoms with Crippen LogP contribution in [0.4, 0.5) is 0 Å². The first-order valence-corrected chi connectivity index (χ1v) is 4.55. The fourth-order valence-corrected chi connectivity index (χ4v) is 1.30. The summed E-state index contributed by atoms with van der Waals surface area (Å²) >= 11 is 0. The van der Waals surface area contributed by atoms with Crippen molar-refractivity contribution in [1.82, 2.24) is 15.1 Å². The number of aliphatic hydroxyl groups is 1. The van der Waals surface area contributed by atoms with Gasteiger partial charge in [-0.25, -0.2) is 4.79 Å². The van der Waals surface area contributed by atoms with Gasteiger partial charge in [0.05, 0.1) is 12.8 Å². The van der Waals surface area contributed by atoms with Crippen LogP contribution in [0.3, 0.4) is 0 Å². The lowest BCUT2D eigenvalue weighted by Gasteiger charge is -2.09. The minimum absolute atomic E-state index is 0.199. The largest absolute Gasteiger partial charge is 0.464 e. The second kappa shape index (κ2) is 4.90. The molecular formula is C9H15N3O3. The third kappa shape index (κ3) is 2.54.